The maximum Gasteiger partial charge on any atom is 0.133 e. The summed E-state index contributed by atoms with van der Waals surface area (Å²) in [6.45, 7) is 9.01. The molecule has 1 aliphatic carbocycles. The van der Waals surface area contributed by atoms with Crippen LogP contribution in [0, 0.1) is 17.3 Å². The fraction of sp³-hybridized carbons (Fsp3) is 0.909. The molecule has 2 atom stereocenters. The third-order valence-corrected chi connectivity index (χ3v) is 4.08. The van der Waals surface area contributed by atoms with E-state index in [0.717, 1.165) is 12.8 Å². The smallest absolute Gasteiger partial charge is 0.133 e. The van der Waals surface area contributed by atoms with Crippen molar-refractivity contribution in [2.75, 3.05) is 0 Å². The van der Waals surface area contributed by atoms with E-state index in [1.54, 1.807) is 0 Å². The molecular formula is C11H20O. The van der Waals surface area contributed by atoms with Crippen LogP contribution < -0.4 is 0 Å². The van der Waals surface area contributed by atoms with Crippen molar-refractivity contribution in [1.29, 1.82) is 0 Å². The van der Waals surface area contributed by atoms with Crippen molar-refractivity contribution >= 4 is 5.78 Å². The Morgan fingerprint density at radius 3 is 2.08 bits per heavy atom. The van der Waals surface area contributed by atoms with E-state index in [1.165, 1.54) is 6.42 Å². The van der Waals surface area contributed by atoms with Crippen molar-refractivity contribution < 1.29 is 4.79 Å². The lowest BCUT2D eigenvalue weighted by molar-refractivity contribution is -0.127. The molecule has 0 heterocycles. The molecule has 1 nitrogen and oxygen atoms in total. The second-order valence-electron chi connectivity index (χ2n) is 4.61. The van der Waals surface area contributed by atoms with Crippen molar-refractivity contribution in [3.05, 3.63) is 0 Å². The zero-order chi connectivity index (χ0) is 9.35. The van der Waals surface area contributed by atoms with Gasteiger partial charge in [-0.05, 0) is 17.3 Å². The highest BCUT2D eigenvalue weighted by atomic mass is 16.1. The molecule has 70 valence electrons. The first kappa shape index (κ1) is 9.76. The van der Waals surface area contributed by atoms with E-state index in [0.29, 0.717) is 23.0 Å². The fourth-order valence-electron chi connectivity index (χ4n) is 2.42. The van der Waals surface area contributed by atoms with Crippen molar-refractivity contribution in [2.24, 2.45) is 17.3 Å². The van der Waals surface area contributed by atoms with Gasteiger partial charge in [0.2, 0.25) is 0 Å². The van der Waals surface area contributed by atoms with Crippen molar-refractivity contribution in [1.82, 2.24) is 0 Å². The van der Waals surface area contributed by atoms with Crippen LogP contribution in [0.4, 0.5) is 0 Å². The molecule has 0 radical (unpaired) electrons. The van der Waals surface area contributed by atoms with E-state index in [1.807, 2.05) is 0 Å². The Morgan fingerprint density at radius 1 is 1.33 bits per heavy atom. The lowest BCUT2D eigenvalue weighted by Gasteiger charge is -2.43. The summed E-state index contributed by atoms with van der Waals surface area (Å²) in [5, 5.41) is 0. The molecule has 0 saturated heterocycles. The van der Waals surface area contributed by atoms with Gasteiger partial charge in [0.15, 0.2) is 0 Å². The Balaban J connectivity index is 2.79. The standard InChI is InChI=1S/C11H20O/c1-5-11(4)8(2)6-10(12)7-9(11)3/h8-9H,5-7H2,1-4H3. The van der Waals surface area contributed by atoms with E-state index < -0.39 is 0 Å². The summed E-state index contributed by atoms with van der Waals surface area (Å²) >= 11 is 0. The summed E-state index contributed by atoms with van der Waals surface area (Å²) in [6.07, 6.45) is 2.80. The van der Waals surface area contributed by atoms with Crippen molar-refractivity contribution in [2.45, 2.75) is 47.0 Å². The van der Waals surface area contributed by atoms with E-state index in [2.05, 4.69) is 27.7 Å². The maximum atomic E-state index is 11.3. The summed E-state index contributed by atoms with van der Waals surface area (Å²) in [4.78, 5) is 11.3. The molecule has 2 unspecified atom stereocenters. The second kappa shape index (κ2) is 3.20. The number of hydrogen-bond donors (Lipinski definition) is 0. The highest BCUT2D eigenvalue weighted by molar-refractivity contribution is 5.79. The summed E-state index contributed by atoms with van der Waals surface area (Å²) in [6, 6.07) is 0. The van der Waals surface area contributed by atoms with Crippen molar-refractivity contribution in [3.63, 3.8) is 0 Å². The maximum absolute atomic E-state index is 11.3. The molecule has 1 saturated carbocycles. The summed E-state index contributed by atoms with van der Waals surface area (Å²) in [7, 11) is 0. The molecule has 1 fully saturated rings. The molecule has 12 heavy (non-hydrogen) atoms. The molecule has 0 bridgehead atoms. The summed E-state index contributed by atoms with van der Waals surface area (Å²) in [5.41, 5.74) is 0.397. The van der Waals surface area contributed by atoms with Gasteiger partial charge in [-0.2, -0.15) is 0 Å². The van der Waals surface area contributed by atoms with Gasteiger partial charge in [0.1, 0.15) is 5.78 Å². The number of Topliss-reactive ketones (excluding diaryl/α,β-unsaturated/α-hetero) is 1. The predicted octanol–water partition coefficient (Wildman–Crippen LogP) is 3.04. The normalized spacial score (nSPS) is 43.2. The van der Waals surface area contributed by atoms with E-state index >= 15 is 0 Å². The minimum atomic E-state index is 0.397. The van der Waals surface area contributed by atoms with Crippen LogP contribution in [-0.2, 0) is 4.79 Å². The van der Waals surface area contributed by atoms with Crippen LogP contribution in [-0.4, -0.2) is 5.78 Å². The van der Waals surface area contributed by atoms with Crippen molar-refractivity contribution in [3.8, 4) is 0 Å². The van der Waals surface area contributed by atoms with Crippen LogP contribution in [0.3, 0.4) is 0 Å². The summed E-state index contributed by atoms with van der Waals surface area (Å²) < 4.78 is 0. The molecule has 0 amide bonds. The monoisotopic (exact) mass is 168 g/mol. The molecule has 0 N–H and O–H groups in total. The molecule has 1 rings (SSSR count). The van der Waals surface area contributed by atoms with Crippen LogP contribution in [0.15, 0.2) is 0 Å². The number of carbonyl (C=O) groups is 1. The Morgan fingerprint density at radius 2 is 1.75 bits per heavy atom. The largest absolute Gasteiger partial charge is 0.300 e. The number of ketones is 1. The first-order valence-corrected chi connectivity index (χ1v) is 5.02. The molecule has 0 spiro atoms. The van der Waals surface area contributed by atoms with Gasteiger partial charge in [0, 0.05) is 12.8 Å². The third kappa shape index (κ3) is 1.41. The van der Waals surface area contributed by atoms with Crippen LogP contribution in [0.25, 0.3) is 0 Å². The van der Waals surface area contributed by atoms with Gasteiger partial charge >= 0.3 is 0 Å². The lowest BCUT2D eigenvalue weighted by Crippen LogP contribution is -2.39. The van der Waals surface area contributed by atoms with Gasteiger partial charge in [-0.15, -0.1) is 0 Å². The number of rotatable bonds is 1. The van der Waals surface area contributed by atoms with Crippen LogP contribution in [0.5, 0.6) is 0 Å². The van der Waals surface area contributed by atoms with Gasteiger partial charge in [0.25, 0.3) is 0 Å². The predicted molar refractivity (Wildman–Crippen MR) is 51.0 cm³/mol. The van der Waals surface area contributed by atoms with Crippen LogP contribution in [0.2, 0.25) is 0 Å². The first-order chi connectivity index (χ1) is 5.50. The quantitative estimate of drug-likeness (QED) is 0.588. The van der Waals surface area contributed by atoms with E-state index in [9.17, 15) is 4.79 Å². The summed E-state index contributed by atoms with van der Waals surface area (Å²) in [5.74, 6) is 1.60. The Hall–Kier alpha value is -0.330. The zero-order valence-electron chi connectivity index (χ0n) is 8.68. The molecular weight excluding hydrogens is 148 g/mol. The molecule has 0 aromatic carbocycles. The third-order valence-electron chi connectivity index (χ3n) is 4.08. The molecule has 0 aliphatic heterocycles. The number of carbonyl (C=O) groups excluding carboxylic acids is 1. The second-order valence-corrected chi connectivity index (χ2v) is 4.61. The minimum Gasteiger partial charge on any atom is -0.300 e. The van der Waals surface area contributed by atoms with Gasteiger partial charge in [-0.3, -0.25) is 4.79 Å². The van der Waals surface area contributed by atoms with Gasteiger partial charge in [-0.25, -0.2) is 0 Å². The first-order valence-electron chi connectivity index (χ1n) is 5.02. The highest BCUT2D eigenvalue weighted by Gasteiger charge is 2.40. The van der Waals surface area contributed by atoms with Gasteiger partial charge in [-0.1, -0.05) is 34.1 Å². The van der Waals surface area contributed by atoms with E-state index in [4.69, 9.17) is 0 Å². The topological polar surface area (TPSA) is 17.1 Å². The Labute approximate surface area is 75.5 Å². The molecule has 0 aromatic heterocycles. The van der Waals surface area contributed by atoms with Crippen LogP contribution in [0.1, 0.15) is 47.0 Å². The molecule has 1 aliphatic rings. The SMILES string of the molecule is CCC1(C)C(C)CC(=O)CC1C. The lowest BCUT2D eigenvalue weighted by atomic mass is 9.61. The average molecular weight is 168 g/mol. The Bertz CT molecular complexity index is 169. The Kier molecular flexibility index (Phi) is 2.60. The molecule has 0 aromatic rings. The average Bonchev–Trinajstić information content (AvgIpc) is 2.00. The minimum absolute atomic E-state index is 0.397. The highest BCUT2D eigenvalue weighted by Crippen LogP contribution is 2.45. The van der Waals surface area contributed by atoms with Gasteiger partial charge < -0.3 is 0 Å². The molecule has 1 heteroatoms. The van der Waals surface area contributed by atoms with Crippen LogP contribution >= 0.6 is 0 Å². The fourth-order valence-corrected chi connectivity index (χ4v) is 2.42. The van der Waals surface area contributed by atoms with E-state index in [-0.39, 0.29) is 0 Å². The zero-order valence-corrected chi connectivity index (χ0v) is 8.68. The van der Waals surface area contributed by atoms with Gasteiger partial charge in [0.05, 0.1) is 0 Å². The number of hydrogen-bond acceptors (Lipinski definition) is 1.